The highest BCUT2D eigenvalue weighted by Gasteiger charge is 2.15. The lowest BCUT2D eigenvalue weighted by Crippen LogP contribution is -2.33. The van der Waals surface area contributed by atoms with E-state index in [1.807, 2.05) is 13.8 Å². The van der Waals surface area contributed by atoms with Crippen LogP contribution in [0.15, 0.2) is 0 Å². The van der Waals surface area contributed by atoms with Crippen LogP contribution in [0.3, 0.4) is 0 Å². The summed E-state index contributed by atoms with van der Waals surface area (Å²) in [5.74, 6) is -0.0950. The Kier molecular flexibility index (Phi) is 6.80. The zero-order valence-corrected chi connectivity index (χ0v) is 14.7. The van der Waals surface area contributed by atoms with Crippen LogP contribution in [0.4, 0.5) is 9.93 Å². The lowest BCUT2D eigenvalue weighted by atomic mass is 10.2. The molecule has 1 aromatic heterocycles. The molecule has 124 valence electrons. The third kappa shape index (κ3) is 6.89. The Bertz CT molecular complexity index is 521. The zero-order valence-electron chi connectivity index (χ0n) is 13.9. The number of hydrogen-bond acceptors (Lipinski definition) is 5. The van der Waals surface area contributed by atoms with Gasteiger partial charge >= 0.3 is 6.09 Å². The molecule has 1 aromatic rings. The van der Waals surface area contributed by atoms with Gasteiger partial charge in [0.2, 0.25) is 5.91 Å². The fraction of sp³-hybridized carbons (Fsp3) is 0.667. The van der Waals surface area contributed by atoms with Crippen LogP contribution in [-0.2, 0) is 16.0 Å². The number of ether oxygens (including phenoxy) is 1. The van der Waals surface area contributed by atoms with E-state index in [0.29, 0.717) is 24.5 Å². The Labute approximate surface area is 135 Å². The fourth-order valence-electron chi connectivity index (χ4n) is 1.74. The first-order valence-electron chi connectivity index (χ1n) is 7.44. The molecule has 7 heteroatoms. The van der Waals surface area contributed by atoms with E-state index in [1.165, 1.54) is 11.3 Å². The number of nitrogens with one attached hydrogen (secondary N) is 2. The first-order chi connectivity index (χ1) is 10.2. The lowest BCUT2D eigenvalue weighted by Gasteiger charge is -2.19. The van der Waals surface area contributed by atoms with Crippen LogP contribution < -0.4 is 10.6 Å². The molecule has 0 aliphatic carbocycles. The second-order valence-corrected chi connectivity index (χ2v) is 7.16. The number of carbonyl (C=O) groups excluding carboxylic acids is 2. The number of nitrogens with zero attached hydrogens (tertiary/aromatic N) is 1. The molecule has 2 amide bonds. The van der Waals surface area contributed by atoms with Crippen LogP contribution in [-0.4, -0.2) is 29.1 Å². The van der Waals surface area contributed by atoms with E-state index in [9.17, 15) is 9.59 Å². The molecule has 0 aromatic carbocycles. The van der Waals surface area contributed by atoms with E-state index in [-0.39, 0.29) is 5.91 Å². The quantitative estimate of drug-likeness (QED) is 0.786. The van der Waals surface area contributed by atoms with Gasteiger partial charge in [-0.1, -0.05) is 6.92 Å². The summed E-state index contributed by atoms with van der Waals surface area (Å²) < 4.78 is 5.11. The molecule has 1 heterocycles. The monoisotopic (exact) mass is 327 g/mol. The van der Waals surface area contributed by atoms with Crippen molar-refractivity contribution in [2.75, 3.05) is 11.9 Å². The zero-order chi connectivity index (χ0) is 16.8. The molecule has 0 saturated heterocycles. The Morgan fingerprint density at radius 1 is 1.32 bits per heavy atom. The number of alkyl carbamates (subject to hydrolysis) is 1. The predicted molar refractivity (Wildman–Crippen MR) is 88.3 cm³/mol. The minimum Gasteiger partial charge on any atom is -0.444 e. The number of carbonyl (C=O) groups is 2. The van der Waals surface area contributed by atoms with Crippen LogP contribution in [0.1, 0.15) is 51.1 Å². The van der Waals surface area contributed by atoms with Gasteiger partial charge in [-0.25, -0.2) is 9.78 Å². The van der Waals surface area contributed by atoms with Crippen molar-refractivity contribution in [3.63, 3.8) is 0 Å². The van der Waals surface area contributed by atoms with Gasteiger partial charge in [0.1, 0.15) is 5.60 Å². The van der Waals surface area contributed by atoms with Gasteiger partial charge in [-0.15, -0.1) is 11.3 Å². The Hall–Kier alpha value is -1.63. The second kappa shape index (κ2) is 8.12. The number of anilines is 1. The van der Waals surface area contributed by atoms with E-state index in [4.69, 9.17) is 4.74 Å². The molecular formula is C15H25N3O3S. The highest BCUT2D eigenvalue weighted by atomic mass is 32.1. The molecule has 0 bridgehead atoms. The number of rotatable bonds is 6. The number of aromatic nitrogens is 1. The molecule has 0 spiro atoms. The van der Waals surface area contributed by atoms with Gasteiger partial charge in [-0.2, -0.15) is 0 Å². The molecule has 0 saturated carbocycles. The maximum atomic E-state index is 11.8. The van der Waals surface area contributed by atoms with Crippen molar-refractivity contribution >= 4 is 28.5 Å². The largest absolute Gasteiger partial charge is 0.444 e. The van der Waals surface area contributed by atoms with E-state index in [0.717, 1.165) is 17.0 Å². The summed E-state index contributed by atoms with van der Waals surface area (Å²) >= 11 is 1.48. The van der Waals surface area contributed by atoms with Crippen molar-refractivity contribution < 1.29 is 14.3 Å². The summed E-state index contributed by atoms with van der Waals surface area (Å²) in [6.07, 6.45) is 1.28. The summed E-state index contributed by atoms with van der Waals surface area (Å²) in [7, 11) is 0. The summed E-state index contributed by atoms with van der Waals surface area (Å²) in [5, 5.41) is 6.05. The smallest absolute Gasteiger partial charge is 0.407 e. The Morgan fingerprint density at radius 3 is 2.55 bits per heavy atom. The van der Waals surface area contributed by atoms with Crippen LogP contribution in [0, 0.1) is 6.92 Å². The molecule has 0 aliphatic heterocycles. The average Bonchev–Trinajstić information content (AvgIpc) is 2.72. The average molecular weight is 327 g/mol. The molecule has 0 atom stereocenters. The summed E-state index contributed by atoms with van der Waals surface area (Å²) in [5.41, 5.74) is 0.508. The van der Waals surface area contributed by atoms with Crippen LogP contribution in [0.25, 0.3) is 0 Å². The highest BCUT2D eigenvalue weighted by Crippen LogP contribution is 2.22. The highest BCUT2D eigenvalue weighted by molar-refractivity contribution is 7.15. The van der Waals surface area contributed by atoms with Gasteiger partial charge in [0.15, 0.2) is 5.13 Å². The minimum absolute atomic E-state index is 0.0950. The molecule has 22 heavy (non-hydrogen) atoms. The molecule has 0 unspecified atom stereocenters. The molecule has 1 rings (SSSR count). The van der Waals surface area contributed by atoms with E-state index < -0.39 is 11.7 Å². The van der Waals surface area contributed by atoms with Crippen LogP contribution >= 0.6 is 11.3 Å². The van der Waals surface area contributed by atoms with Crippen molar-refractivity contribution in [2.24, 2.45) is 0 Å². The molecule has 0 aliphatic rings. The van der Waals surface area contributed by atoms with E-state index in [2.05, 4.69) is 15.6 Å². The van der Waals surface area contributed by atoms with Crippen molar-refractivity contribution in [1.82, 2.24) is 10.3 Å². The Balaban J connectivity index is 2.25. The van der Waals surface area contributed by atoms with E-state index >= 15 is 0 Å². The minimum atomic E-state index is -0.513. The normalized spacial score (nSPS) is 11.1. The summed E-state index contributed by atoms with van der Waals surface area (Å²) in [6, 6.07) is 0. The molecule has 0 fully saturated rings. The Morgan fingerprint density at radius 2 is 2.00 bits per heavy atom. The van der Waals surface area contributed by atoms with Crippen LogP contribution in [0.5, 0.6) is 0 Å². The predicted octanol–water partition coefficient (Wildman–Crippen LogP) is 3.26. The molecule has 0 radical (unpaired) electrons. The van der Waals surface area contributed by atoms with Crippen molar-refractivity contribution in [1.29, 1.82) is 0 Å². The standard InChI is InChI=1S/C15H25N3O3S/c1-6-11-10(2)22-13(17-11)18-12(19)8-7-9-16-14(20)21-15(3,4)5/h6-9H2,1-5H3,(H,16,20)(H,17,18,19). The third-order valence-corrected chi connectivity index (χ3v) is 3.65. The molecule has 2 N–H and O–H groups in total. The fourth-order valence-corrected chi connectivity index (χ4v) is 2.66. The first kappa shape index (κ1) is 18.4. The number of amides is 2. The van der Waals surface area contributed by atoms with Gasteiger partial charge in [0.25, 0.3) is 0 Å². The number of thiazole rings is 1. The first-order valence-corrected chi connectivity index (χ1v) is 8.26. The van der Waals surface area contributed by atoms with Crippen molar-refractivity contribution in [2.45, 2.75) is 59.5 Å². The van der Waals surface area contributed by atoms with Crippen LogP contribution in [0.2, 0.25) is 0 Å². The third-order valence-electron chi connectivity index (χ3n) is 2.72. The van der Waals surface area contributed by atoms with Gasteiger partial charge in [-0.3, -0.25) is 4.79 Å². The molecule has 6 nitrogen and oxygen atoms in total. The van der Waals surface area contributed by atoms with Crippen molar-refractivity contribution in [3.05, 3.63) is 10.6 Å². The van der Waals surface area contributed by atoms with Gasteiger partial charge in [0, 0.05) is 17.8 Å². The van der Waals surface area contributed by atoms with Gasteiger partial charge in [-0.05, 0) is 40.5 Å². The maximum absolute atomic E-state index is 11.8. The van der Waals surface area contributed by atoms with Gasteiger partial charge in [0.05, 0.1) is 5.69 Å². The lowest BCUT2D eigenvalue weighted by molar-refractivity contribution is -0.116. The van der Waals surface area contributed by atoms with E-state index in [1.54, 1.807) is 20.8 Å². The SMILES string of the molecule is CCc1nc(NC(=O)CCCNC(=O)OC(C)(C)C)sc1C. The molecular weight excluding hydrogens is 302 g/mol. The summed E-state index contributed by atoms with van der Waals surface area (Å²) in [6.45, 7) is 9.86. The van der Waals surface area contributed by atoms with Crippen molar-refractivity contribution in [3.8, 4) is 0 Å². The topological polar surface area (TPSA) is 80.3 Å². The summed E-state index contributed by atoms with van der Waals surface area (Å²) in [4.78, 5) is 28.7. The number of aryl methyl sites for hydroxylation is 2. The maximum Gasteiger partial charge on any atom is 0.407 e. The number of hydrogen-bond donors (Lipinski definition) is 2. The van der Waals surface area contributed by atoms with Gasteiger partial charge < -0.3 is 15.4 Å². The second-order valence-electron chi connectivity index (χ2n) is 5.96.